The molecule has 0 saturated heterocycles. The number of benzene rings is 1. The van der Waals surface area contributed by atoms with E-state index in [9.17, 15) is 4.79 Å². The van der Waals surface area contributed by atoms with Crippen LogP contribution in [0.5, 0.6) is 0 Å². The van der Waals surface area contributed by atoms with Crippen LogP contribution in [-0.4, -0.2) is 19.1 Å². The number of hydrogen-bond acceptors (Lipinski definition) is 3. The molecular weight excluding hydrogens is 202 g/mol. The van der Waals surface area contributed by atoms with Gasteiger partial charge in [0.25, 0.3) is 0 Å². The summed E-state index contributed by atoms with van der Waals surface area (Å²) in [6.45, 7) is 2.95. The maximum atomic E-state index is 11.7. The van der Waals surface area contributed by atoms with E-state index in [0.29, 0.717) is 18.7 Å². The van der Waals surface area contributed by atoms with E-state index >= 15 is 0 Å². The number of nitrogens with one attached hydrogen (secondary N) is 1. The Labute approximate surface area is 95.1 Å². The molecular formula is C13H15NO2. The number of carbonyl (C=O) groups excluding carboxylic acids is 1. The van der Waals surface area contributed by atoms with E-state index in [2.05, 4.69) is 5.32 Å². The van der Waals surface area contributed by atoms with Crippen molar-refractivity contribution in [1.29, 1.82) is 0 Å². The molecule has 0 unspecified atom stereocenters. The molecule has 0 spiro atoms. The maximum absolute atomic E-state index is 11.7. The van der Waals surface area contributed by atoms with Crippen LogP contribution in [-0.2, 0) is 9.53 Å². The molecule has 1 atom stereocenters. The number of carbonyl (C=O) groups is 1. The zero-order valence-corrected chi connectivity index (χ0v) is 9.27. The van der Waals surface area contributed by atoms with Gasteiger partial charge in [0.2, 0.25) is 0 Å². The van der Waals surface area contributed by atoms with Crippen molar-refractivity contribution in [2.75, 3.05) is 13.2 Å². The Bertz CT molecular complexity index is 398. The predicted octanol–water partition coefficient (Wildman–Crippen LogP) is 1.82. The molecule has 0 radical (unpaired) electrons. The first-order valence-corrected chi connectivity index (χ1v) is 5.48. The van der Waals surface area contributed by atoms with Crippen LogP contribution in [0.1, 0.15) is 18.5 Å². The van der Waals surface area contributed by atoms with Crippen molar-refractivity contribution < 1.29 is 9.53 Å². The second-order valence-electron chi connectivity index (χ2n) is 3.63. The lowest BCUT2D eigenvalue weighted by Crippen LogP contribution is -2.20. The van der Waals surface area contributed by atoms with Crippen molar-refractivity contribution in [3.05, 3.63) is 47.5 Å². The Morgan fingerprint density at radius 1 is 1.44 bits per heavy atom. The highest BCUT2D eigenvalue weighted by molar-refractivity contribution is 5.90. The molecule has 0 aliphatic carbocycles. The molecule has 1 aliphatic heterocycles. The standard InChI is InChI=1S/C13H15NO2/c1-2-16-13(15)11-8-9-14-12(11)10-6-4-3-5-7-10/h3-8,12,14H,2,9H2,1H3/t12-/m0/s1. The fourth-order valence-electron chi connectivity index (χ4n) is 1.87. The molecule has 0 amide bonds. The van der Waals surface area contributed by atoms with Crippen LogP contribution in [0.25, 0.3) is 0 Å². The van der Waals surface area contributed by atoms with Gasteiger partial charge in [-0.2, -0.15) is 0 Å². The van der Waals surface area contributed by atoms with Gasteiger partial charge in [0.1, 0.15) is 0 Å². The predicted molar refractivity (Wildman–Crippen MR) is 61.9 cm³/mol. The number of ether oxygens (including phenoxy) is 1. The molecule has 1 aromatic carbocycles. The third-order valence-electron chi connectivity index (χ3n) is 2.60. The summed E-state index contributed by atoms with van der Waals surface area (Å²) in [5.74, 6) is -0.221. The smallest absolute Gasteiger partial charge is 0.335 e. The van der Waals surface area contributed by atoms with Crippen molar-refractivity contribution in [2.45, 2.75) is 13.0 Å². The highest BCUT2D eigenvalue weighted by Crippen LogP contribution is 2.25. The van der Waals surface area contributed by atoms with Gasteiger partial charge in [-0.3, -0.25) is 0 Å². The molecule has 1 N–H and O–H groups in total. The fourth-order valence-corrected chi connectivity index (χ4v) is 1.87. The second-order valence-corrected chi connectivity index (χ2v) is 3.63. The van der Waals surface area contributed by atoms with E-state index in [4.69, 9.17) is 4.74 Å². The van der Waals surface area contributed by atoms with Gasteiger partial charge >= 0.3 is 5.97 Å². The van der Waals surface area contributed by atoms with Gasteiger partial charge in [0.05, 0.1) is 18.2 Å². The van der Waals surface area contributed by atoms with E-state index in [-0.39, 0.29) is 12.0 Å². The van der Waals surface area contributed by atoms with E-state index in [1.54, 1.807) is 0 Å². The molecule has 3 heteroatoms. The lowest BCUT2D eigenvalue weighted by atomic mass is 10.0. The highest BCUT2D eigenvalue weighted by atomic mass is 16.5. The topological polar surface area (TPSA) is 38.3 Å². The van der Waals surface area contributed by atoms with Crippen LogP contribution in [0.3, 0.4) is 0 Å². The zero-order valence-electron chi connectivity index (χ0n) is 9.27. The molecule has 0 aromatic heterocycles. The summed E-state index contributed by atoms with van der Waals surface area (Å²) in [6.07, 6.45) is 1.90. The third-order valence-corrected chi connectivity index (χ3v) is 2.60. The second kappa shape index (κ2) is 4.94. The summed E-state index contributed by atoms with van der Waals surface area (Å²) in [5.41, 5.74) is 1.81. The molecule has 0 saturated carbocycles. The van der Waals surface area contributed by atoms with Crippen molar-refractivity contribution in [3.8, 4) is 0 Å². The average Bonchev–Trinajstić information content (AvgIpc) is 2.79. The number of rotatable bonds is 3. The highest BCUT2D eigenvalue weighted by Gasteiger charge is 2.26. The molecule has 2 rings (SSSR count). The van der Waals surface area contributed by atoms with E-state index in [0.717, 1.165) is 5.56 Å². The zero-order chi connectivity index (χ0) is 11.4. The lowest BCUT2D eigenvalue weighted by molar-refractivity contribution is -0.138. The molecule has 0 bridgehead atoms. The monoisotopic (exact) mass is 217 g/mol. The van der Waals surface area contributed by atoms with Crippen LogP contribution >= 0.6 is 0 Å². The molecule has 0 fully saturated rings. The fraction of sp³-hybridized carbons (Fsp3) is 0.308. The summed E-state index contributed by atoms with van der Waals surface area (Å²) in [5, 5.41) is 3.27. The average molecular weight is 217 g/mol. The molecule has 3 nitrogen and oxygen atoms in total. The lowest BCUT2D eigenvalue weighted by Gasteiger charge is -2.14. The van der Waals surface area contributed by atoms with Crippen LogP contribution in [0.2, 0.25) is 0 Å². The van der Waals surface area contributed by atoms with E-state index < -0.39 is 0 Å². The maximum Gasteiger partial charge on any atom is 0.335 e. The minimum absolute atomic E-state index is 0.0275. The van der Waals surface area contributed by atoms with Gasteiger partial charge in [-0.25, -0.2) is 4.79 Å². The molecule has 1 aromatic rings. The van der Waals surface area contributed by atoms with Crippen LogP contribution in [0, 0.1) is 0 Å². The van der Waals surface area contributed by atoms with Gasteiger partial charge in [0, 0.05) is 6.54 Å². The van der Waals surface area contributed by atoms with Gasteiger partial charge in [-0.1, -0.05) is 36.4 Å². The Kier molecular flexibility index (Phi) is 3.37. The SMILES string of the molecule is CCOC(=O)C1=CCN[C@H]1c1ccccc1. The van der Waals surface area contributed by atoms with Crippen molar-refractivity contribution in [2.24, 2.45) is 0 Å². The van der Waals surface area contributed by atoms with Gasteiger partial charge < -0.3 is 10.1 Å². The first-order valence-electron chi connectivity index (χ1n) is 5.48. The van der Waals surface area contributed by atoms with Crippen LogP contribution in [0.15, 0.2) is 42.0 Å². The minimum Gasteiger partial charge on any atom is -0.463 e. The van der Waals surface area contributed by atoms with Gasteiger partial charge in [-0.05, 0) is 12.5 Å². The minimum atomic E-state index is -0.221. The van der Waals surface area contributed by atoms with Crippen molar-refractivity contribution >= 4 is 5.97 Å². The number of esters is 1. The van der Waals surface area contributed by atoms with Crippen molar-refractivity contribution in [1.82, 2.24) is 5.32 Å². The van der Waals surface area contributed by atoms with E-state index in [1.807, 2.05) is 43.3 Å². The quantitative estimate of drug-likeness (QED) is 0.785. The van der Waals surface area contributed by atoms with Crippen LogP contribution in [0.4, 0.5) is 0 Å². The third kappa shape index (κ3) is 2.14. The Morgan fingerprint density at radius 2 is 2.19 bits per heavy atom. The summed E-state index contributed by atoms with van der Waals surface area (Å²) in [4.78, 5) is 11.7. The van der Waals surface area contributed by atoms with Crippen LogP contribution < -0.4 is 5.32 Å². The Balaban J connectivity index is 2.18. The molecule has 84 valence electrons. The van der Waals surface area contributed by atoms with E-state index in [1.165, 1.54) is 0 Å². The van der Waals surface area contributed by atoms with Gasteiger partial charge in [0.15, 0.2) is 0 Å². The Morgan fingerprint density at radius 3 is 2.88 bits per heavy atom. The molecule has 16 heavy (non-hydrogen) atoms. The Hall–Kier alpha value is -1.61. The van der Waals surface area contributed by atoms with Crippen molar-refractivity contribution in [3.63, 3.8) is 0 Å². The normalized spacial score (nSPS) is 19.3. The summed E-state index contributed by atoms with van der Waals surface area (Å²) < 4.78 is 5.03. The first kappa shape index (κ1) is 10.9. The molecule has 1 heterocycles. The van der Waals surface area contributed by atoms with Gasteiger partial charge in [-0.15, -0.1) is 0 Å². The summed E-state index contributed by atoms with van der Waals surface area (Å²) >= 11 is 0. The summed E-state index contributed by atoms with van der Waals surface area (Å²) in [6, 6.07) is 9.90. The largest absolute Gasteiger partial charge is 0.463 e. The first-order chi connectivity index (χ1) is 7.83. The summed E-state index contributed by atoms with van der Waals surface area (Å²) in [7, 11) is 0. The number of hydrogen-bond donors (Lipinski definition) is 1. The molecule has 1 aliphatic rings.